The van der Waals surface area contributed by atoms with Crippen LogP contribution in [0.25, 0.3) is 10.6 Å². The zero-order chi connectivity index (χ0) is 25.3. The molecule has 2 aromatic carbocycles. The standard InChI is InChI=1S/C21H13BrF4N6O2S/c1-9-16(35-20(28-9)10-2-4-11(5-3-10)21(24,25)26)19(33)30-18-15(31-34-32-18)17(27)29-12-6-7-14(23)13(22)8-12/h2-8H,1H3,(H2,27,29)(H,30,32,33). The van der Waals surface area contributed by atoms with E-state index in [4.69, 9.17) is 5.73 Å². The molecule has 180 valence electrons. The van der Waals surface area contributed by atoms with Crippen molar-refractivity contribution in [1.82, 2.24) is 15.3 Å². The molecule has 0 saturated carbocycles. The number of nitrogens with two attached hydrogens (primary N) is 1. The predicted molar refractivity (Wildman–Crippen MR) is 124 cm³/mol. The molecule has 1 amide bonds. The summed E-state index contributed by atoms with van der Waals surface area (Å²) in [5.74, 6) is -1.34. The summed E-state index contributed by atoms with van der Waals surface area (Å²) in [6.07, 6.45) is -4.45. The SMILES string of the molecule is Cc1nc(-c2ccc(C(F)(F)F)cc2)sc1C(=O)Nc1nonc1C(N)=Nc1ccc(F)c(Br)c1. The van der Waals surface area contributed by atoms with E-state index < -0.39 is 23.5 Å². The number of aryl methyl sites for hydroxylation is 1. The molecule has 0 aliphatic heterocycles. The van der Waals surface area contributed by atoms with Gasteiger partial charge >= 0.3 is 6.18 Å². The molecule has 2 aromatic heterocycles. The number of amides is 1. The Kier molecular flexibility index (Phi) is 6.67. The highest BCUT2D eigenvalue weighted by molar-refractivity contribution is 9.10. The van der Waals surface area contributed by atoms with Crippen LogP contribution in [-0.4, -0.2) is 27.0 Å². The Morgan fingerprint density at radius 3 is 2.54 bits per heavy atom. The predicted octanol–water partition coefficient (Wildman–Crippen LogP) is 5.71. The van der Waals surface area contributed by atoms with Crippen molar-refractivity contribution >= 4 is 50.5 Å². The van der Waals surface area contributed by atoms with E-state index in [0.717, 1.165) is 23.5 Å². The number of nitrogens with zero attached hydrogens (tertiary/aromatic N) is 4. The second-order valence-corrected chi connectivity index (χ2v) is 8.87. The van der Waals surface area contributed by atoms with Gasteiger partial charge in [0.1, 0.15) is 15.7 Å². The smallest absolute Gasteiger partial charge is 0.382 e. The number of aliphatic imine (C=N–C) groups is 1. The van der Waals surface area contributed by atoms with Crippen molar-refractivity contribution < 1.29 is 27.0 Å². The van der Waals surface area contributed by atoms with Crippen LogP contribution in [0.2, 0.25) is 0 Å². The lowest BCUT2D eigenvalue weighted by atomic mass is 10.1. The molecule has 4 aromatic rings. The molecule has 0 spiro atoms. The molecule has 0 unspecified atom stereocenters. The fraction of sp³-hybridized carbons (Fsp3) is 0.0952. The number of benzene rings is 2. The van der Waals surface area contributed by atoms with Gasteiger partial charge in [-0.05, 0) is 63.5 Å². The normalized spacial score (nSPS) is 12.1. The lowest BCUT2D eigenvalue weighted by molar-refractivity contribution is -0.137. The molecule has 0 aliphatic rings. The van der Waals surface area contributed by atoms with E-state index in [2.05, 4.69) is 46.2 Å². The summed E-state index contributed by atoms with van der Waals surface area (Å²) in [6.45, 7) is 1.59. The minimum Gasteiger partial charge on any atom is -0.382 e. The molecule has 0 atom stereocenters. The number of anilines is 1. The van der Waals surface area contributed by atoms with Gasteiger partial charge in [-0.15, -0.1) is 11.3 Å². The van der Waals surface area contributed by atoms with Crippen molar-refractivity contribution in [2.45, 2.75) is 13.1 Å². The van der Waals surface area contributed by atoms with E-state index in [0.29, 0.717) is 22.0 Å². The number of hydrogen-bond donors (Lipinski definition) is 2. The number of carbonyl (C=O) groups excluding carboxylic acids is 1. The number of aromatic nitrogens is 3. The van der Waals surface area contributed by atoms with Crippen LogP contribution in [0.5, 0.6) is 0 Å². The summed E-state index contributed by atoms with van der Waals surface area (Å²) in [5.41, 5.74) is 6.23. The van der Waals surface area contributed by atoms with Crippen molar-refractivity contribution in [3.05, 3.63) is 74.6 Å². The van der Waals surface area contributed by atoms with Crippen molar-refractivity contribution in [2.75, 3.05) is 5.32 Å². The summed E-state index contributed by atoms with van der Waals surface area (Å²) in [4.78, 5) is 21.5. The Labute approximate surface area is 207 Å². The minimum atomic E-state index is -4.45. The van der Waals surface area contributed by atoms with Gasteiger partial charge in [0.2, 0.25) is 5.82 Å². The first-order valence-electron chi connectivity index (χ1n) is 9.61. The Hall–Kier alpha value is -3.65. The van der Waals surface area contributed by atoms with E-state index in [1.54, 1.807) is 6.92 Å². The number of thiazole rings is 1. The fourth-order valence-electron chi connectivity index (χ4n) is 2.88. The molecule has 0 saturated heterocycles. The van der Waals surface area contributed by atoms with Gasteiger partial charge in [-0.1, -0.05) is 12.1 Å². The van der Waals surface area contributed by atoms with Gasteiger partial charge in [-0.3, -0.25) is 4.79 Å². The molecule has 0 radical (unpaired) electrons. The number of nitrogens with one attached hydrogen (secondary N) is 1. The topological polar surface area (TPSA) is 119 Å². The van der Waals surface area contributed by atoms with E-state index in [1.807, 2.05) is 0 Å². The van der Waals surface area contributed by atoms with Crippen LogP contribution in [0.3, 0.4) is 0 Å². The highest BCUT2D eigenvalue weighted by atomic mass is 79.9. The number of alkyl halides is 3. The molecule has 3 N–H and O–H groups in total. The van der Waals surface area contributed by atoms with Gasteiger partial charge in [0.25, 0.3) is 5.91 Å². The van der Waals surface area contributed by atoms with Crippen LogP contribution in [0.4, 0.5) is 29.1 Å². The fourth-order valence-corrected chi connectivity index (χ4v) is 4.22. The summed E-state index contributed by atoms with van der Waals surface area (Å²) >= 11 is 4.04. The molecule has 2 heterocycles. The van der Waals surface area contributed by atoms with E-state index in [9.17, 15) is 22.4 Å². The first kappa shape index (κ1) is 24.5. The van der Waals surface area contributed by atoms with Crippen LogP contribution in [0, 0.1) is 12.7 Å². The van der Waals surface area contributed by atoms with Gasteiger partial charge in [0.15, 0.2) is 11.5 Å². The van der Waals surface area contributed by atoms with Crippen LogP contribution in [-0.2, 0) is 6.18 Å². The van der Waals surface area contributed by atoms with Gasteiger partial charge < -0.3 is 11.1 Å². The first-order chi connectivity index (χ1) is 16.5. The minimum absolute atomic E-state index is 0.0519. The lowest BCUT2D eigenvalue weighted by Gasteiger charge is -2.06. The van der Waals surface area contributed by atoms with E-state index in [1.165, 1.54) is 30.3 Å². The van der Waals surface area contributed by atoms with Gasteiger partial charge in [0.05, 0.1) is 21.4 Å². The Morgan fingerprint density at radius 2 is 1.89 bits per heavy atom. The van der Waals surface area contributed by atoms with Crippen molar-refractivity contribution in [2.24, 2.45) is 10.7 Å². The third-order valence-electron chi connectivity index (χ3n) is 4.58. The Morgan fingerprint density at radius 1 is 1.17 bits per heavy atom. The van der Waals surface area contributed by atoms with Crippen molar-refractivity contribution in [3.8, 4) is 10.6 Å². The monoisotopic (exact) mass is 568 g/mol. The molecule has 8 nitrogen and oxygen atoms in total. The highest BCUT2D eigenvalue weighted by Gasteiger charge is 2.30. The summed E-state index contributed by atoms with van der Waals surface area (Å²) in [7, 11) is 0. The molecule has 14 heteroatoms. The van der Waals surface area contributed by atoms with Crippen LogP contribution < -0.4 is 11.1 Å². The van der Waals surface area contributed by atoms with Gasteiger partial charge in [-0.25, -0.2) is 19.0 Å². The highest BCUT2D eigenvalue weighted by Crippen LogP contribution is 2.33. The molecule has 0 aliphatic carbocycles. The average Bonchev–Trinajstić information content (AvgIpc) is 3.42. The number of rotatable bonds is 5. The van der Waals surface area contributed by atoms with Crippen LogP contribution in [0.15, 0.2) is 56.6 Å². The molecule has 4 rings (SSSR count). The first-order valence-corrected chi connectivity index (χ1v) is 11.2. The molecule has 0 bridgehead atoms. The third kappa shape index (κ3) is 5.38. The number of halogens is 5. The number of hydrogen-bond acceptors (Lipinski definition) is 7. The summed E-state index contributed by atoms with van der Waals surface area (Å²) in [5, 5.41) is 10.2. The van der Waals surface area contributed by atoms with Crippen molar-refractivity contribution in [1.29, 1.82) is 0 Å². The van der Waals surface area contributed by atoms with Gasteiger partial charge in [-0.2, -0.15) is 13.2 Å². The molecular formula is C21H13BrF4N6O2S. The maximum atomic E-state index is 13.4. The van der Waals surface area contributed by atoms with Gasteiger partial charge in [0, 0.05) is 5.56 Å². The maximum Gasteiger partial charge on any atom is 0.416 e. The van der Waals surface area contributed by atoms with Crippen LogP contribution >= 0.6 is 27.3 Å². The summed E-state index contributed by atoms with van der Waals surface area (Å²) < 4.78 is 56.7. The lowest BCUT2D eigenvalue weighted by Crippen LogP contribution is -2.19. The average molecular weight is 569 g/mol. The number of carbonyl (C=O) groups is 1. The number of amidine groups is 1. The maximum absolute atomic E-state index is 13.4. The van der Waals surface area contributed by atoms with Crippen molar-refractivity contribution in [3.63, 3.8) is 0 Å². The molecular weight excluding hydrogens is 556 g/mol. The summed E-state index contributed by atoms with van der Waals surface area (Å²) in [6, 6.07) is 8.45. The molecule has 35 heavy (non-hydrogen) atoms. The quantitative estimate of drug-likeness (QED) is 0.181. The Bertz CT molecular complexity index is 1430. The second kappa shape index (κ2) is 9.54. The van der Waals surface area contributed by atoms with E-state index in [-0.39, 0.29) is 26.7 Å². The van der Waals surface area contributed by atoms with Crippen LogP contribution in [0.1, 0.15) is 26.6 Å². The second-order valence-electron chi connectivity index (χ2n) is 7.02. The largest absolute Gasteiger partial charge is 0.416 e. The zero-order valence-electron chi connectivity index (χ0n) is 17.5. The Balaban J connectivity index is 1.55. The van der Waals surface area contributed by atoms with E-state index >= 15 is 0 Å². The zero-order valence-corrected chi connectivity index (χ0v) is 19.9. The third-order valence-corrected chi connectivity index (χ3v) is 6.39. The molecule has 0 fully saturated rings.